The summed E-state index contributed by atoms with van der Waals surface area (Å²) in [6.07, 6.45) is 2.07. The topological polar surface area (TPSA) is 63.4 Å². The molecule has 0 unspecified atom stereocenters. The van der Waals surface area contributed by atoms with Crippen molar-refractivity contribution in [3.63, 3.8) is 0 Å². The molecule has 2 aromatic carbocycles. The van der Waals surface area contributed by atoms with Crippen LogP contribution in [0.3, 0.4) is 0 Å². The molecule has 0 aromatic heterocycles. The van der Waals surface area contributed by atoms with E-state index in [9.17, 15) is 9.59 Å². The molecular weight excluding hydrogens is 276 g/mol. The van der Waals surface area contributed by atoms with Crippen molar-refractivity contribution in [2.75, 3.05) is 13.1 Å². The van der Waals surface area contributed by atoms with E-state index in [4.69, 9.17) is 5.73 Å². The lowest BCUT2D eigenvalue weighted by molar-refractivity contribution is 0.0801. The van der Waals surface area contributed by atoms with Gasteiger partial charge in [-0.1, -0.05) is 36.4 Å². The molecule has 110 valence electrons. The molecule has 0 fully saturated rings. The van der Waals surface area contributed by atoms with E-state index in [0.29, 0.717) is 24.2 Å². The van der Waals surface area contributed by atoms with Crippen molar-refractivity contribution in [1.29, 1.82) is 0 Å². The van der Waals surface area contributed by atoms with Crippen LogP contribution in [-0.2, 0) is 0 Å². The fourth-order valence-corrected chi connectivity index (χ4v) is 2.53. The van der Waals surface area contributed by atoms with E-state index in [-0.39, 0.29) is 5.91 Å². The second kappa shape index (κ2) is 5.85. The van der Waals surface area contributed by atoms with E-state index < -0.39 is 5.91 Å². The monoisotopic (exact) mass is 292 g/mol. The van der Waals surface area contributed by atoms with Gasteiger partial charge in [0.15, 0.2) is 0 Å². The second-order valence-electron chi connectivity index (χ2n) is 5.22. The maximum Gasteiger partial charge on any atom is 0.254 e. The Morgan fingerprint density at radius 2 is 1.55 bits per heavy atom. The van der Waals surface area contributed by atoms with Gasteiger partial charge in [0, 0.05) is 24.2 Å². The molecule has 22 heavy (non-hydrogen) atoms. The molecule has 2 aromatic rings. The molecule has 4 heteroatoms. The van der Waals surface area contributed by atoms with Crippen molar-refractivity contribution in [1.82, 2.24) is 4.90 Å². The van der Waals surface area contributed by atoms with Gasteiger partial charge in [0.25, 0.3) is 5.91 Å². The highest BCUT2D eigenvalue weighted by Crippen LogP contribution is 2.22. The highest BCUT2D eigenvalue weighted by Gasteiger charge is 2.21. The Kier molecular flexibility index (Phi) is 3.74. The zero-order valence-corrected chi connectivity index (χ0v) is 12.0. The molecule has 1 aliphatic rings. The van der Waals surface area contributed by atoms with E-state index in [0.717, 1.165) is 11.1 Å². The van der Waals surface area contributed by atoms with Gasteiger partial charge in [-0.3, -0.25) is 9.59 Å². The van der Waals surface area contributed by atoms with Gasteiger partial charge >= 0.3 is 0 Å². The van der Waals surface area contributed by atoms with Crippen LogP contribution >= 0.6 is 0 Å². The van der Waals surface area contributed by atoms with Crippen LogP contribution in [0.4, 0.5) is 0 Å². The van der Waals surface area contributed by atoms with Crippen molar-refractivity contribution in [2.45, 2.75) is 0 Å². The highest BCUT2D eigenvalue weighted by atomic mass is 16.2. The zero-order valence-electron chi connectivity index (χ0n) is 12.0. The number of amides is 2. The minimum absolute atomic E-state index is 0.0433. The smallest absolute Gasteiger partial charge is 0.254 e. The first kappa shape index (κ1) is 14.1. The predicted octanol–water partition coefficient (Wildman–Crippen LogP) is 2.32. The number of carbonyl (C=O) groups excluding carboxylic acids is 2. The van der Waals surface area contributed by atoms with Gasteiger partial charge < -0.3 is 10.6 Å². The summed E-state index contributed by atoms with van der Waals surface area (Å²) >= 11 is 0. The van der Waals surface area contributed by atoms with Crippen LogP contribution in [-0.4, -0.2) is 29.8 Å². The van der Waals surface area contributed by atoms with Crippen LogP contribution in [0.2, 0.25) is 0 Å². The molecule has 0 atom stereocenters. The molecule has 2 N–H and O–H groups in total. The SMILES string of the molecule is NC(=O)c1ccc(C(=O)N2CC=C(c3ccccc3)C2)cc1. The zero-order chi connectivity index (χ0) is 15.5. The molecule has 1 aliphatic heterocycles. The van der Waals surface area contributed by atoms with Crippen molar-refractivity contribution in [3.05, 3.63) is 77.4 Å². The van der Waals surface area contributed by atoms with Crippen molar-refractivity contribution < 1.29 is 9.59 Å². The Labute approximate surface area is 128 Å². The number of carbonyl (C=O) groups is 2. The Hall–Kier alpha value is -2.88. The highest BCUT2D eigenvalue weighted by molar-refractivity contribution is 5.98. The maximum absolute atomic E-state index is 12.5. The predicted molar refractivity (Wildman–Crippen MR) is 85.3 cm³/mol. The second-order valence-corrected chi connectivity index (χ2v) is 5.22. The molecule has 3 rings (SSSR count). The summed E-state index contributed by atoms with van der Waals surface area (Å²) < 4.78 is 0. The number of hydrogen-bond acceptors (Lipinski definition) is 2. The molecule has 0 radical (unpaired) electrons. The third kappa shape index (κ3) is 2.76. The number of nitrogens with zero attached hydrogens (tertiary/aromatic N) is 1. The first-order valence-corrected chi connectivity index (χ1v) is 7.09. The normalized spacial score (nSPS) is 13.8. The van der Waals surface area contributed by atoms with Crippen LogP contribution < -0.4 is 5.73 Å². The third-order valence-electron chi connectivity index (χ3n) is 3.77. The summed E-state index contributed by atoms with van der Waals surface area (Å²) in [5.41, 5.74) is 8.46. The molecule has 0 bridgehead atoms. The fourth-order valence-electron chi connectivity index (χ4n) is 2.53. The number of hydrogen-bond donors (Lipinski definition) is 1. The lowest BCUT2D eigenvalue weighted by Gasteiger charge is -2.16. The molecular formula is C18H16N2O2. The molecule has 1 heterocycles. The van der Waals surface area contributed by atoms with Crippen LogP contribution in [0.1, 0.15) is 26.3 Å². The van der Waals surface area contributed by atoms with Crippen LogP contribution in [0.25, 0.3) is 5.57 Å². The van der Waals surface area contributed by atoms with E-state index >= 15 is 0 Å². The average Bonchev–Trinajstić information content (AvgIpc) is 3.05. The van der Waals surface area contributed by atoms with Crippen molar-refractivity contribution in [3.8, 4) is 0 Å². The van der Waals surface area contributed by atoms with Gasteiger partial charge in [-0.2, -0.15) is 0 Å². The summed E-state index contributed by atoms with van der Waals surface area (Å²) in [6.45, 7) is 1.20. The van der Waals surface area contributed by atoms with Crippen LogP contribution in [0.5, 0.6) is 0 Å². The molecule has 0 saturated heterocycles. The summed E-state index contributed by atoms with van der Waals surface area (Å²) in [6, 6.07) is 16.5. The number of rotatable bonds is 3. The lowest BCUT2D eigenvalue weighted by atomic mass is 10.1. The Morgan fingerprint density at radius 1 is 0.909 bits per heavy atom. The molecule has 0 saturated carbocycles. The number of benzene rings is 2. The molecule has 0 spiro atoms. The lowest BCUT2D eigenvalue weighted by Crippen LogP contribution is -2.28. The van der Waals surface area contributed by atoms with E-state index in [1.807, 2.05) is 30.3 Å². The Bertz CT molecular complexity index is 733. The summed E-state index contributed by atoms with van der Waals surface area (Å²) in [7, 11) is 0. The van der Waals surface area contributed by atoms with E-state index in [1.54, 1.807) is 29.2 Å². The first-order valence-electron chi connectivity index (χ1n) is 7.09. The summed E-state index contributed by atoms with van der Waals surface area (Å²) in [5, 5.41) is 0. The number of primary amides is 1. The minimum atomic E-state index is -0.492. The van der Waals surface area contributed by atoms with Crippen molar-refractivity contribution in [2.24, 2.45) is 5.73 Å². The van der Waals surface area contributed by atoms with E-state index in [2.05, 4.69) is 6.08 Å². The molecule has 0 aliphatic carbocycles. The van der Waals surface area contributed by atoms with Gasteiger partial charge in [0.05, 0.1) is 0 Å². The fraction of sp³-hybridized carbons (Fsp3) is 0.111. The summed E-state index contributed by atoms with van der Waals surface area (Å²) in [4.78, 5) is 25.3. The Balaban J connectivity index is 1.71. The van der Waals surface area contributed by atoms with Crippen LogP contribution in [0, 0.1) is 0 Å². The van der Waals surface area contributed by atoms with Gasteiger partial charge in [0.1, 0.15) is 0 Å². The Morgan fingerprint density at radius 3 is 2.18 bits per heavy atom. The quantitative estimate of drug-likeness (QED) is 0.943. The van der Waals surface area contributed by atoms with Gasteiger partial charge in [0.2, 0.25) is 5.91 Å². The van der Waals surface area contributed by atoms with Gasteiger partial charge in [-0.25, -0.2) is 0 Å². The average molecular weight is 292 g/mol. The minimum Gasteiger partial charge on any atom is -0.366 e. The molecule has 2 amide bonds. The largest absolute Gasteiger partial charge is 0.366 e. The van der Waals surface area contributed by atoms with Gasteiger partial charge in [-0.05, 0) is 35.4 Å². The summed E-state index contributed by atoms with van der Waals surface area (Å²) in [5.74, 6) is -0.536. The first-order chi connectivity index (χ1) is 10.6. The van der Waals surface area contributed by atoms with Crippen molar-refractivity contribution >= 4 is 17.4 Å². The van der Waals surface area contributed by atoms with E-state index in [1.165, 1.54) is 0 Å². The standard InChI is InChI=1S/C18H16N2O2/c19-17(21)14-6-8-15(9-7-14)18(22)20-11-10-16(12-20)13-4-2-1-3-5-13/h1-10H,11-12H2,(H2,19,21). The maximum atomic E-state index is 12.5. The third-order valence-corrected chi connectivity index (χ3v) is 3.77. The van der Waals surface area contributed by atoms with Crippen LogP contribution in [0.15, 0.2) is 60.7 Å². The van der Waals surface area contributed by atoms with Gasteiger partial charge in [-0.15, -0.1) is 0 Å². The number of nitrogens with two attached hydrogens (primary N) is 1. The molecule has 4 nitrogen and oxygen atoms in total.